The fraction of sp³-hybridized carbons (Fsp3) is 0.294. The van der Waals surface area contributed by atoms with Gasteiger partial charge in [-0.05, 0) is 32.9 Å². The van der Waals surface area contributed by atoms with E-state index in [9.17, 15) is 23.9 Å². The molecular formula is C17H18FN3O5. The van der Waals surface area contributed by atoms with Crippen LogP contribution in [0.5, 0.6) is 0 Å². The number of nitrogens with zero attached hydrogens (tertiary/aromatic N) is 3. The predicted octanol–water partition coefficient (Wildman–Crippen LogP) is 2.44. The van der Waals surface area contributed by atoms with Gasteiger partial charge in [0.15, 0.2) is 5.69 Å². The topological polar surface area (TPSA) is 102 Å². The lowest BCUT2D eigenvalue weighted by atomic mass is 10.2. The Hall–Kier alpha value is -3.23. The minimum atomic E-state index is -1.49. The van der Waals surface area contributed by atoms with Gasteiger partial charge in [0.05, 0.1) is 5.69 Å². The molecule has 2 rings (SSSR count). The predicted molar refractivity (Wildman–Crippen MR) is 91.4 cm³/mol. The number of hydrogen-bond acceptors (Lipinski definition) is 5. The molecular weight excluding hydrogens is 345 g/mol. The lowest BCUT2D eigenvalue weighted by Crippen LogP contribution is -2.37. The van der Waals surface area contributed by atoms with Gasteiger partial charge in [-0.2, -0.15) is 9.78 Å². The third kappa shape index (κ3) is 4.05. The molecule has 0 fully saturated rings. The van der Waals surface area contributed by atoms with Crippen molar-refractivity contribution in [2.24, 2.45) is 0 Å². The number of para-hydroxylation sites is 1. The maximum atomic E-state index is 13.9. The Morgan fingerprint density at radius 2 is 1.88 bits per heavy atom. The van der Waals surface area contributed by atoms with Crippen LogP contribution in [-0.2, 0) is 4.74 Å². The molecule has 0 aliphatic carbocycles. The zero-order valence-electron chi connectivity index (χ0n) is 14.7. The van der Waals surface area contributed by atoms with Crippen LogP contribution in [0.1, 0.15) is 31.3 Å². The first-order valence-corrected chi connectivity index (χ1v) is 7.60. The highest BCUT2D eigenvalue weighted by Crippen LogP contribution is 2.20. The van der Waals surface area contributed by atoms with Crippen LogP contribution in [0, 0.1) is 5.82 Å². The van der Waals surface area contributed by atoms with Crippen LogP contribution >= 0.6 is 0 Å². The summed E-state index contributed by atoms with van der Waals surface area (Å²) in [7, 11) is 1.25. The molecule has 8 nitrogen and oxygen atoms in total. The van der Waals surface area contributed by atoms with E-state index < -0.39 is 34.7 Å². The molecule has 0 radical (unpaired) electrons. The first kappa shape index (κ1) is 19.1. The van der Waals surface area contributed by atoms with Crippen molar-refractivity contribution in [3.63, 3.8) is 0 Å². The highest BCUT2D eigenvalue weighted by atomic mass is 19.1. The maximum absolute atomic E-state index is 13.9. The zero-order chi connectivity index (χ0) is 19.6. The Balaban J connectivity index is 2.58. The summed E-state index contributed by atoms with van der Waals surface area (Å²) in [5, 5.41) is 13.1. The van der Waals surface area contributed by atoms with Gasteiger partial charge in [-0.1, -0.05) is 12.1 Å². The molecule has 138 valence electrons. The van der Waals surface area contributed by atoms with Gasteiger partial charge in [-0.15, -0.1) is 0 Å². The number of carbonyl (C=O) groups is 2. The number of carboxylic acids is 1. The molecule has 0 saturated heterocycles. The van der Waals surface area contributed by atoms with Gasteiger partial charge in [-0.3, -0.25) is 9.69 Å². The van der Waals surface area contributed by atoms with E-state index in [1.165, 1.54) is 25.2 Å². The van der Waals surface area contributed by atoms with Crippen LogP contribution in [-0.4, -0.2) is 39.6 Å². The van der Waals surface area contributed by atoms with E-state index in [0.717, 1.165) is 17.0 Å². The summed E-state index contributed by atoms with van der Waals surface area (Å²) >= 11 is 0. The van der Waals surface area contributed by atoms with Gasteiger partial charge in [0.1, 0.15) is 17.1 Å². The Bertz CT molecular complexity index is 917. The highest BCUT2D eigenvalue weighted by Gasteiger charge is 2.26. The molecule has 0 saturated carbocycles. The van der Waals surface area contributed by atoms with Crippen molar-refractivity contribution < 1.29 is 23.8 Å². The minimum Gasteiger partial charge on any atom is -0.476 e. The molecule has 26 heavy (non-hydrogen) atoms. The lowest BCUT2D eigenvalue weighted by Gasteiger charge is -2.25. The first-order chi connectivity index (χ1) is 12.0. The number of amides is 1. The fourth-order valence-electron chi connectivity index (χ4n) is 2.08. The number of ether oxygens (including phenoxy) is 1. The van der Waals surface area contributed by atoms with Crippen LogP contribution in [0.3, 0.4) is 0 Å². The molecule has 1 N–H and O–H groups in total. The highest BCUT2D eigenvalue weighted by molar-refractivity contribution is 5.97. The molecule has 0 bridgehead atoms. The average Bonchev–Trinajstić information content (AvgIpc) is 2.52. The standard InChI is InChI=1S/C17H18FN3O5/c1-17(2,3)26-16(25)20(4)12-9-13(22)21(19-14(12)15(23)24)11-8-6-5-7-10(11)18/h5-9H,1-4H3,(H,23,24). The van der Waals surface area contributed by atoms with Crippen molar-refractivity contribution in [2.75, 3.05) is 11.9 Å². The second-order valence-electron chi connectivity index (χ2n) is 6.42. The van der Waals surface area contributed by atoms with Gasteiger partial charge < -0.3 is 9.84 Å². The normalized spacial score (nSPS) is 11.1. The summed E-state index contributed by atoms with van der Waals surface area (Å²) in [6.45, 7) is 4.93. The Kier molecular flexibility index (Phi) is 5.10. The third-order valence-electron chi connectivity index (χ3n) is 3.22. The maximum Gasteiger partial charge on any atom is 0.414 e. The lowest BCUT2D eigenvalue weighted by molar-refractivity contribution is 0.0589. The third-order valence-corrected chi connectivity index (χ3v) is 3.22. The van der Waals surface area contributed by atoms with Gasteiger partial charge in [0, 0.05) is 13.1 Å². The van der Waals surface area contributed by atoms with E-state index in [4.69, 9.17) is 4.74 Å². The summed E-state index contributed by atoms with van der Waals surface area (Å²) in [6.07, 6.45) is -0.857. The fourth-order valence-corrected chi connectivity index (χ4v) is 2.08. The summed E-state index contributed by atoms with van der Waals surface area (Å²) < 4.78 is 19.7. The number of aromatic nitrogens is 2. The number of benzene rings is 1. The molecule has 2 aromatic rings. The van der Waals surface area contributed by atoms with Gasteiger partial charge in [-0.25, -0.2) is 14.0 Å². The molecule has 1 aromatic heterocycles. The van der Waals surface area contributed by atoms with Crippen LogP contribution in [0.15, 0.2) is 35.1 Å². The molecule has 0 atom stereocenters. The summed E-state index contributed by atoms with van der Waals surface area (Å²) in [5.74, 6) is -2.23. The van der Waals surface area contributed by atoms with Crippen LogP contribution < -0.4 is 10.5 Å². The number of halogens is 1. The van der Waals surface area contributed by atoms with E-state index in [2.05, 4.69) is 5.10 Å². The molecule has 0 aliphatic rings. The Morgan fingerprint density at radius 1 is 1.27 bits per heavy atom. The van der Waals surface area contributed by atoms with E-state index in [0.29, 0.717) is 4.68 Å². The molecule has 0 unspecified atom stereocenters. The average molecular weight is 363 g/mol. The summed E-state index contributed by atoms with van der Waals surface area (Å²) in [5.41, 5.74) is -2.67. The first-order valence-electron chi connectivity index (χ1n) is 7.60. The van der Waals surface area contributed by atoms with E-state index in [1.807, 2.05) is 0 Å². The van der Waals surface area contributed by atoms with Crippen molar-refractivity contribution in [3.05, 3.63) is 52.2 Å². The van der Waals surface area contributed by atoms with Crippen molar-refractivity contribution in [1.29, 1.82) is 0 Å². The SMILES string of the molecule is CN(C(=O)OC(C)(C)C)c1cc(=O)n(-c2ccccc2F)nc1C(=O)O. The van der Waals surface area contributed by atoms with Crippen LogP contribution in [0.4, 0.5) is 14.9 Å². The number of aromatic carboxylic acids is 1. The molecule has 0 aliphatic heterocycles. The number of carbonyl (C=O) groups excluding carboxylic acids is 1. The van der Waals surface area contributed by atoms with Crippen LogP contribution in [0.25, 0.3) is 5.69 Å². The van der Waals surface area contributed by atoms with Crippen LogP contribution in [0.2, 0.25) is 0 Å². The smallest absolute Gasteiger partial charge is 0.414 e. The van der Waals surface area contributed by atoms with Gasteiger partial charge in [0.2, 0.25) is 0 Å². The van der Waals surface area contributed by atoms with Gasteiger partial charge in [0.25, 0.3) is 5.56 Å². The molecule has 1 amide bonds. The monoisotopic (exact) mass is 363 g/mol. The second kappa shape index (κ2) is 6.95. The van der Waals surface area contributed by atoms with E-state index >= 15 is 0 Å². The number of hydrogen-bond donors (Lipinski definition) is 1. The number of anilines is 1. The second-order valence-corrected chi connectivity index (χ2v) is 6.42. The minimum absolute atomic E-state index is 0.202. The molecule has 0 spiro atoms. The number of rotatable bonds is 3. The van der Waals surface area contributed by atoms with E-state index in [-0.39, 0.29) is 11.4 Å². The summed E-state index contributed by atoms with van der Waals surface area (Å²) in [6, 6.07) is 6.20. The van der Waals surface area contributed by atoms with Crippen molar-refractivity contribution in [2.45, 2.75) is 26.4 Å². The van der Waals surface area contributed by atoms with Gasteiger partial charge >= 0.3 is 12.1 Å². The molecule has 1 heterocycles. The zero-order valence-corrected chi connectivity index (χ0v) is 14.7. The Labute approximate surface area is 148 Å². The quantitative estimate of drug-likeness (QED) is 0.899. The van der Waals surface area contributed by atoms with Crippen molar-refractivity contribution in [3.8, 4) is 5.69 Å². The molecule has 9 heteroatoms. The largest absolute Gasteiger partial charge is 0.476 e. The van der Waals surface area contributed by atoms with Crippen molar-refractivity contribution in [1.82, 2.24) is 9.78 Å². The summed E-state index contributed by atoms with van der Waals surface area (Å²) in [4.78, 5) is 36.9. The van der Waals surface area contributed by atoms with Crippen molar-refractivity contribution >= 4 is 17.7 Å². The molecule has 1 aromatic carbocycles. The Morgan fingerprint density at radius 3 is 2.42 bits per heavy atom. The van der Waals surface area contributed by atoms with E-state index in [1.54, 1.807) is 20.8 Å². The number of carboxylic acid groups (broad SMARTS) is 1.